The lowest BCUT2D eigenvalue weighted by molar-refractivity contribution is -0.137. The van der Waals surface area contributed by atoms with E-state index in [0.717, 1.165) is 4.31 Å². The van der Waals surface area contributed by atoms with Crippen LogP contribution in [0.5, 0.6) is 0 Å². The standard InChI is InChI=1S/C23H16ClF3N2O5S/c1-33-22(30)15-3-5-18(6-4-15)35(31,32)29(13-14-2-7-20-16(10-14)8-9-34-20)21-19(24)11-17(12-28-21)23(25,26)27/h2-12H,13H2,1H3. The van der Waals surface area contributed by atoms with E-state index in [1.807, 2.05) is 0 Å². The molecule has 0 aliphatic heterocycles. The van der Waals surface area contributed by atoms with E-state index in [2.05, 4.69) is 9.72 Å². The first kappa shape index (κ1) is 24.6. The molecule has 0 bridgehead atoms. The van der Waals surface area contributed by atoms with Crippen LogP contribution in [0.1, 0.15) is 21.5 Å². The average Bonchev–Trinajstić information content (AvgIpc) is 3.29. The SMILES string of the molecule is COC(=O)c1ccc(S(=O)(=O)N(Cc2ccc3occc3c2)c2ncc(C(F)(F)F)cc2Cl)cc1. The summed E-state index contributed by atoms with van der Waals surface area (Å²) in [4.78, 5) is 15.2. The maximum Gasteiger partial charge on any atom is 0.417 e. The molecular formula is C23H16ClF3N2O5S. The lowest BCUT2D eigenvalue weighted by Crippen LogP contribution is -2.32. The maximum absolute atomic E-state index is 13.6. The van der Waals surface area contributed by atoms with E-state index in [4.69, 9.17) is 16.0 Å². The lowest BCUT2D eigenvalue weighted by Gasteiger charge is -2.25. The number of alkyl halides is 3. The second-order valence-electron chi connectivity index (χ2n) is 7.35. The molecule has 2 heterocycles. The Morgan fingerprint density at radius 3 is 2.46 bits per heavy atom. The van der Waals surface area contributed by atoms with Gasteiger partial charge in [0.2, 0.25) is 0 Å². The molecule has 4 aromatic rings. The van der Waals surface area contributed by atoms with Gasteiger partial charge in [-0.15, -0.1) is 0 Å². The molecule has 0 aliphatic carbocycles. The van der Waals surface area contributed by atoms with Crippen molar-refractivity contribution in [2.45, 2.75) is 17.6 Å². The Bertz CT molecular complexity index is 1500. The molecule has 0 atom stereocenters. The number of ether oxygens (including phenoxy) is 1. The van der Waals surface area contributed by atoms with Gasteiger partial charge in [-0.05, 0) is 54.1 Å². The second-order valence-corrected chi connectivity index (χ2v) is 9.62. The highest BCUT2D eigenvalue weighted by molar-refractivity contribution is 7.92. The third-order valence-corrected chi connectivity index (χ3v) is 7.12. The summed E-state index contributed by atoms with van der Waals surface area (Å²) in [5.74, 6) is -1.05. The zero-order valence-electron chi connectivity index (χ0n) is 17.9. The zero-order chi connectivity index (χ0) is 25.4. The summed E-state index contributed by atoms with van der Waals surface area (Å²) in [5, 5.41) is 0.202. The first-order valence-electron chi connectivity index (χ1n) is 9.90. The normalized spacial score (nSPS) is 12.0. The van der Waals surface area contributed by atoms with Gasteiger partial charge < -0.3 is 9.15 Å². The number of furan rings is 1. The van der Waals surface area contributed by atoms with Gasteiger partial charge in [0.15, 0.2) is 5.82 Å². The van der Waals surface area contributed by atoms with Crippen LogP contribution < -0.4 is 4.31 Å². The first-order chi connectivity index (χ1) is 16.5. The van der Waals surface area contributed by atoms with Gasteiger partial charge >= 0.3 is 12.1 Å². The van der Waals surface area contributed by atoms with E-state index < -0.39 is 32.8 Å². The van der Waals surface area contributed by atoms with Crippen molar-refractivity contribution in [3.05, 3.63) is 88.8 Å². The van der Waals surface area contributed by atoms with Crippen molar-refractivity contribution in [3.63, 3.8) is 0 Å². The summed E-state index contributed by atoms with van der Waals surface area (Å²) in [5.41, 5.74) is 0.0820. The number of benzene rings is 2. The van der Waals surface area contributed by atoms with Crippen LogP contribution in [0.2, 0.25) is 5.02 Å². The summed E-state index contributed by atoms with van der Waals surface area (Å²) in [6.07, 6.45) is -2.72. The molecule has 2 aromatic carbocycles. The topological polar surface area (TPSA) is 89.7 Å². The number of carbonyl (C=O) groups excluding carboxylic acids is 1. The van der Waals surface area contributed by atoms with Crippen LogP contribution in [0.3, 0.4) is 0 Å². The van der Waals surface area contributed by atoms with Crippen molar-refractivity contribution in [2.75, 3.05) is 11.4 Å². The predicted molar refractivity (Wildman–Crippen MR) is 122 cm³/mol. The molecule has 7 nitrogen and oxygen atoms in total. The Morgan fingerprint density at radius 2 is 1.83 bits per heavy atom. The number of rotatable bonds is 6. The fourth-order valence-corrected chi connectivity index (χ4v) is 5.08. The smallest absolute Gasteiger partial charge is 0.417 e. The third kappa shape index (κ3) is 4.96. The lowest BCUT2D eigenvalue weighted by atomic mass is 10.1. The average molecular weight is 525 g/mol. The molecule has 0 aliphatic rings. The maximum atomic E-state index is 13.6. The Balaban J connectivity index is 1.81. The zero-order valence-corrected chi connectivity index (χ0v) is 19.5. The number of pyridine rings is 1. The minimum Gasteiger partial charge on any atom is -0.465 e. The molecule has 182 valence electrons. The van der Waals surface area contributed by atoms with Gasteiger partial charge in [-0.2, -0.15) is 13.2 Å². The fourth-order valence-electron chi connectivity index (χ4n) is 3.33. The monoisotopic (exact) mass is 524 g/mol. The van der Waals surface area contributed by atoms with E-state index in [0.29, 0.717) is 28.8 Å². The van der Waals surface area contributed by atoms with Gasteiger partial charge in [0.05, 0.1) is 41.0 Å². The number of halogens is 4. The summed E-state index contributed by atoms with van der Waals surface area (Å²) in [6.45, 7) is -0.291. The first-order valence-corrected chi connectivity index (χ1v) is 11.7. The van der Waals surface area contributed by atoms with Crippen molar-refractivity contribution in [1.82, 2.24) is 4.98 Å². The molecular weight excluding hydrogens is 509 g/mol. The highest BCUT2D eigenvalue weighted by Gasteiger charge is 2.34. The number of hydrogen-bond donors (Lipinski definition) is 0. The van der Waals surface area contributed by atoms with Gasteiger partial charge in [0.25, 0.3) is 10.0 Å². The van der Waals surface area contributed by atoms with Crippen molar-refractivity contribution in [2.24, 2.45) is 0 Å². The number of fused-ring (bicyclic) bond motifs is 1. The van der Waals surface area contributed by atoms with Crippen molar-refractivity contribution < 1.29 is 35.5 Å². The Hall–Kier alpha value is -3.57. The Kier molecular flexibility index (Phi) is 6.48. The van der Waals surface area contributed by atoms with Crippen LogP contribution >= 0.6 is 11.6 Å². The van der Waals surface area contributed by atoms with Gasteiger partial charge in [0.1, 0.15) is 5.58 Å². The summed E-state index contributed by atoms with van der Waals surface area (Å²) >= 11 is 6.11. The van der Waals surface area contributed by atoms with Gasteiger partial charge in [-0.1, -0.05) is 17.7 Å². The molecule has 0 radical (unpaired) electrons. The predicted octanol–water partition coefficient (Wildman–Crippen LogP) is 5.68. The van der Waals surface area contributed by atoms with Crippen LogP contribution in [-0.4, -0.2) is 26.5 Å². The van der Waals surface area contributed by atoms with Crippen LogP contribution in [0.25, 0.3) is 11.0 Å². The number of sulfonamides is 1. The van der Waals surface area contributed by atoms with Gasteiger partial charge in [-0.3, -0.25) is 0 Å². The molecule has 2 aromatic heterocycles. The highest BCUT2D eigenvalue weighted by atomic mass is 35.5. The van der Waals surface area contributed by atoms with Crippen LogP contribution in [0.4, 0.5) is 19.0 Å². The van der Waals surface area contributed by atoms with E-state index in [1.165, 1.54) is 37.6 Å². The van der Waals surface area contributed by atoms with Crippen LogP contribution in [0.15, 0.2) is 76.4 Å². The van der Waals surface area contributed by atoms with Crippen molar-refractivity contribution in [1.29, 1.82) is 0 Å². The largest absolute Gasteiger partial charge is 0.465 e. The molecule has 0 N–H and O–H groups in total. The van der Waals surface area contributed by atoms with Crippen LogP contribution in [-0.2, 0) is 27.5 Å². The minimum absolute atomic E-state index is 0.120. The van der Waals surface area contributed by atoms with E-state index in [9.17, 15) is 26.4 Å². The Labute approximate surface area is 202 Å². The molecule has 12 heteroatoms. The number of esters is 1. The molecule has 0 fully saturated rings. The summed E-state index contributed by atoms with van der Waals surface area (Å²) < 4.78 is 77.3. The molecule has 35 heavy (non-hydrogen) atoms. The summed E-state index contributed by atoms with van der Waals surface area (Å²) in [6, 6.07) is 12.1. The second kappa shape index (κ2) is 9.23. The third-order valence-electron chi connectivity index (χ3n) is 5.09. The van der Waals surface area contributed by atoms with Gasteiger partial charge in [0, 0.05) is 11.6 Å². The molecule has 0 spiro atoms. The van der Waals surface area contributed by atoms with Crippen LogP contribution in [0, 0.1) is 0 Å². The number of nitrogens with zero attached hydrogens (tertiary/aromatic N) is 2. The number of methoxy groups -OCH3 is 1. The number of carbonyl (C=O) groups is 1. The van der Waals surface area contributed by atoms with E-state index in [-0.39, 0.29) is 22.8 Å². The van der Waals surface area contributed by atoms with Gasteiger partial charge in [-0.25, -0.2) is 22.5 Å². The molecule has 0 saturated carbocycles. The highest BCUT2D eigenvalue weighted by Crippen LogP contribution is 2.36. The molecule has 0 amide bonds. The molecule has 0 saturated heterocycles. The quantitative estimate of drug-likeness (QED) is 0.301. The molecule has 0 unspecified atom stereocenters. The fraction of sp³-hybridized carbons (Fsp3) is 0.130. The van der Waals surface area contributed by atoms with E-state index in [1.54, 1.807) is 24.3 Å². The van der Waals surface area contributed by atoms with E-state index >= 15 is 0 Å². The van der Waals surface area contributed by atoms with Crippen molar-refractivity contribution >= 4 is 44.4 Å². The molecule has 4 rings (SSSR count). The van der Waals surface area contributed by atoms with Crippen molar-refractivity contribution in [3.8, 4) is 0 Å². The summed E-state index contributed by atoms with van der Waals surface area (Å²) in [7, 11) is -3.20. The minimum atomic E-state index is -4.71. The number of aromatic nitrogens is 1. The number of hydrogen-bond acceptors (Lipinski definition) is 6. The number of anilines is 1. The Morgan fingerprint density at radius 1 is 1.11 bits per heavy atom.